The zero-order valence-corrected chi connectivity index (χ0v) is 23.4. The molecule has 0 unspecified atom stereocenters. The fourth-order valence-corrected chi connectivity index (χ4v) is 7.33. The van der Waals surface area contributed by atoms with E-state index in [1.165, 1.54) is 30.4 Å². The molecular weight excluding hydrogens is 438 g/mol. The second-order valence-corrected chi connectivity index (χ2v) is 17.0. The molecule has 5 atom stereocenters. The van der Waals surface area contributed by atoms with E-state index in [1.54, 1.807) is 0 Å². The number of unbranched alkanes of at least 4 members (excludes halogenated alkanes) is 2. The molecule has 0 bridgehead atoms. The van der Waals surface area contributed by atoms with Gasteiger partial charge in [-0.2, -0.15) is 5.26 Å². The number of benzene rings is 1. The highest BCUT2D eigenvalue weighted by Crippen LogP contribution is 2.49. The maximum atomic E-state index is 11.1. The van der Waals surface area contributed by atoms with Crippen LogP contribution in [0.3, 0.4) is 0 Å². The Morgan fingerprint density at radius 1 is 1.18 bits per heavy atom. The van der Waals surface area contributed by atoms with Gasteiger partial charge in [0, 0.05) is 6.10 Å². The number of nitrogens with zero attached hydrogens (tertiary/aromatic N) is 1. The van der Waals surface area contributed by atoms with E-state index in [2.05, 4.69) is 52.9 Å². The number of hydrogen-bond acceptors (Lipinski definition) is 4. The van der Waals surface area contributed by atoms with E-state index >= 15 is 0 Å². The minimum Gasteiger partial charge on any atom is -0.478 e. The van der Waals surface area contributed by atoms with Gasteiger partial charge in [-0.15, -0.1) is 0 Å². The van der Waals surface area contributed by atoms with Crippen LogP contribution in [0.25, 0.3) is 0 Å². The largest absolute Gasteiger partial charge is 0.478 e. The van der Waals surface area contributed by atoms with Gasteiger partial charge >= 0.3 is 0 Å². The third kappa shape index (κ3) is 6.45. The minimum atomic E-state index is -1.82. The van der Waals surface area contributed by atoms with Crippen molar-refractivity contribution in [3.05, 3.63) is 29.3 Å². The molecule has 0 radical (unpaired) electrons. The number of aliphatic hydroxyl groups excluding tert-OH is 1. The summed E-state index contributed by atoms with van der Waals surface area (Å²) in [6.07, 6.45) is 9.90. The first-order chi connectivity index (χ1) is 16.1. The number of fused-ring (bicyclic) bond motifs is 2. The maximum absolute atomic E-state index is 11.1. The summed E-state index contributed by atoms with van der Waals surface area (Å²) < 4.78 is 12.6. The van der Waals surface area contributed by atoms with Gasteiger partial charge in [-0.25, -0.2) is 0 Å². The van der Waals surface area contributed by atoms with E-state index in [0.29, 0.717) is 23.9 Å². The summed E-state index contributed by atoms with van der Waals surface area (Å²) in [4.78, 5) is 0. The van der Waals surface area contributed by atoms with Crippen molar-refractivity contribution in [2.75, 3.05) is 6.61 Å². The molecule has 0 spiro atoms. The average Bonchev–Trinajstić information content (AvgIpc) is 3.07. The predicted molar refractivity (Wildman–Crippen MR) is 141 cm³/mol. The Kier molecular flexibility index (Phi) is 9.28. The molecule has 0 aromatic heterocycles. The number of aliphatic hydroxyl groups is 1. The van der Waals surface area contributed by atoms with Crippen molar-refractivity contribution in [3.63, 3.8) is 0 Å². The van der Waals surface area contributed by atoms with Crippen LogP contribution < -0.4 is 4.74 Å². The molecule has 1 aromatic carbocycles. The van der Waals surface area contributed by atoms with E-state index in [4.69, 9.17) is 14.4 Å². The van der Waals surface area contributed by atoms with E-state index in [9.17, 15) is 5.11 Å². The second-order valence-electron chi connectivity index (χ2n) is 12.2. The van der Waals surface area contributed by atoms with Crippen molar-refractivity contribution >= 4 is 8.32 Å². The van der Waals surface area contributed by atoms with Crippen molar-refractivity contribution in [2.24, 2.45) is 17.8 Å². The summed E-state index contributed by atoms with van der Waals surface area (Å²) in [5, 5.41) is 20.2. The minimum absolute atomic E-state index is 0.0868. The van der Waals surface area contributed by atoms with Gasteiger partial charge < -0.3 is 14.3 Å². The fraction of sp³-hybridized carbons (Fsp3) is 0.759. The lowest BCUT2D eigenvalue weighted by Crippen LogP contribution is -2.44. The van der Waals surface area contributed by atoms with Gasteiger partial charge in [-0.1, -0.05) is 59.1 Å². The van der Waals surface area contributed by atoms with Crippen LogP contribution in [0.4, 0.5) is 0 Å². The molecule has 2 aliphatic carbocycles. The van der Waals surface area contributed by atoms with Crippen LogP contribution in [0.2, 0.25) is 18.1 Å². The molecule has 1 saturated carbocycles. The van der Waals surface area contributed by atoms with Crippen molar-refractivity contribution in [1.82, 2.24) is 0 Å². The van der Waals surface area contributed by atoms with Crippen molar-refractivity contribution in [1.29, 1.82) is 5.26 Å². The second kappa shape index (κ2) is 11.6. The average molecular weight is 486 g/mol. The molecule has 34 heavy (non-hydrogen) atoms. The van der Waals surface area contributed by atoms with Gasteiger partial charge in [0.2, 0.25) is 0 Å². The summed E-state index contributed by atoms with van der Waals surface area (Å²) in [5.41, 5.74) is 2.60. The Morgan fingerprint density at radius 3 is 2.62 bits per heavy atom. The first-order valence-corrected chi connectivity index (χ1v) is 16.4. The highest BCUT2D eigenvalue weighted by atomic mass is 28.4. The Hall–Kier alpha value is -1.35. The standard InChI is InChI=1S/C29H47NO3Si/c1-7-8-9-12-23(33-34(5,6)29(2,3)4)14-15-24-25-18-21-11-10-13-28(32-17-16-30)26(21)19-22(25)20-27(24)31/h10-11,13,22-25,27,31H,7-9,12,14-15,17-20H2,1-6H3/t22-,23-,24+,25-,27+/m0/s1. The van der Waals surface area contributed by atoms with Crippen LogP contribution in [0.15, 0.2) is 18.2 Å². The number of hydrogen-bond donors (Lipinski definition) is 1. The van der Waals surface area contributed by atoms with Gasteiger partial charge in [-0.05, 0) is 91.6 Å². The Morgan fingerprint density at radius 2 is 1.94 bits per heavy atom. The summed E-state index contributed by atoms with van der Waals surface area (Å²) in [6, 6.07) is 8.32. The zero-order valence-electron chi connectivity index (χ0n) is 22.4. The van der Waals surface area contributed by atoms with Crippen LogP contribution in [-0.4, -0.2) is 32.2 Å². The Bertz CT molecular complexity index is 841. The van der Waals surface area contributed by atoms with E-state index in [0.717, 1.165) is 44.3 Å². The van der Waals surface area contributed by atoms with Crippen LogP contribution in [0, 0.1) is 29.1 Å². The highest BCUT2D eigenvalue weighted by Gasteiger charge is 2.45. The fourth-order valence-electron chi connectivity index (χ4n) is 5.91. The molecule has 5 heteroatoms. The van der Waals surface area contributed by atoms with Gasteiger partial charge in [-0.3, -0.25) is 0 Å². The zero-order chi connectivity index (χ0) is 24.9. The van der Waals surface area contributed by atoms with Crippen molar-refractivity contribution in [2.45, 2.75) is 116 Å². The molecule has 2 aliphatic rings. The molecule has 0 heterocycles. The smallest absolute Gasteiger partial charge is 0.192 e. The van der Waals surface area contributed by atoms with Crippen LogP contribution >= 0.6 is 0 Å². The number of nitriles is 1. The molecule has 0 amide bonds. The third-order valence-corrected chi connectivity index (χ3v) is 13.4. The molecule has 190 valence electrons. The lowest BCUT2D eigenvalue weighted by molar-refractivity contribution is 0.0897. The quantitative estimate of drug-likeness (QED) is 0.269. The first-order valence-electron chi connectivity index (χ1n) is 13.5. The topological polar surface area (TPSA) is 62.5 Å². The Balaban J connectivity index is 1.69. The lowest BCUT2D eigenvalue weighted by Gasteiger charge is -2.40. The molecule has 1 N–H and O–H groups in total. The van der Waals surface area contributed by atoms with Gasteiger partial charge in [0.15, 0.2) is 14.9 Å². The Labute approximate surface area is 209 Å². The molecule has 1 fully saturated rings. The van der Waals surface area contributed by atoms with E-state index in [-0.39, 0.29) is 17.7 Å². The van der Waals surface area contributed by atoms with Gasteiger partial charge in [0.25, 0.3) is 0 Å². The third-order valence-electron chi connectivity index (χ3n) is 8.86. The van der Waals surface area contributed by atoms with Gasteiger partial charge in [0.05, 0.1) is 6.10 Å². The first kappa shape index (κ1) is 27.2. The lowest BCUT2D eigenvalue weighted by atomic mass is 9.73. The van der Waals surface area contributed by atoms with Crippen molar-refractivity contribution < 1.29 is 14.3 Å². The molecule has 0 saturated heterocycles. The SMILES string of the molecule is CCCCC[C@@H](CC[C@@H]1[C@H]2Cc3cccc(OCC#N)c3C[C@H]2C[C@H]1O)O[Si](C)(C)C(C)(C)C. The van der Waals surface area contributed by atoms with Gasteiger partial charge in [0.1, 0.15) is 11.8 Å². The summed E-state index contributed by atoms with van der Waals surface area (Å²) in [6.45, 7) is 14.0. The number of rotatable bonds is 11. The van der Waals surface area contributed by atoms with Crippen LogP contribution in [0.1, 0.15) is 83.8 Å². The van der Waals surface area contributed by atoms with E-state index < -0.39 is 8.32 Å². The summed E-state index contributed by atoms with van der Waals surface area (Å²) in [5.74, 6) is 2.23. The molecule has 1 aromatic rings. The normalized spacial score (nSPS) is 25.4. The monoisotopic (exact) mass is 485 g/mol. The molecular formula is C29H47NO3Si. The number of ether oxygens (including phenoxy) is 1. The summed E-state index contributed by atoms with van der Waals surface area (Å²) >= 11 is 0. The van der Waals surface area contributed by atoms with E-state index in [1.807, 2.05) is 12.1 Å². The molecule has 3 rings (SSSR count). The van der Waals surface area contributed by atoms with Crippen molar-refractivity contribution in [3.8, 4) is 11.8 Å². The van der Waals surface area contributed by atoms with Crippen LogP contribution in [-0.2, 0) is 17.3 Å². The highest BCUT2D eigenvalue weighted by molar-refractivity contribution is 6.74. The summed E-state index contributed by atoms with van der Waals surface area (Å²) in [7, 11) is -1.82. The molecule has 0 aliphatic heterocycles. The van der Waals surface area contributed by atoms with Crippen LogP contribution in [0.5, 0.6) is 5.75 Å². The maximum Gasteiger partial charge on any atom is 0.192 e. The predicted octanol–water partition coefficient (Wildman–Crippen LogP) is 7.05. The molecule has 4 nitrogen and oxygen atoms in total.